The Morgan fingerprint density at radius 3 is 2.62 bits per heavy atom. The summed E-state index contributed by atoms with van der Waals surface area (Å²) in [5.41, 5.74) is 1.08. The predicted molar refractivity (Wildman–Crippen MR) is 61.9 cm³/mol. The molecule has 0 N–H and O–H groups in total. The molecule has 2 atom stereocenters. The Morgan fingerprint density at radius 1 is 1.50 bits per heavy atom. The molecule has 0 aliphatic heterocycles. The average molecular weight is 224 g/mol. The van der Waals surface area contributed by atoms with Crippen LogP contribution in [0.3, 0.4) is 0 Å². The lowest BCUT2D eigenvalue weighted by molar-refractivity contribution is -0.148. The van der Waals surface area contributed by atoms with E-state index in [1.54, 1.807) is 0 Å². The van der Waals surface area contributed by atoms with Gasteiger partial charge < -0.3 is 4.74 Å². The van der Waals surface area contributed by atoms with Crippen LogP contribution in [0.25, 0.3) is 0 Å². The smallest absolute Gasteiger partial charge is 0.313 e. The van der Waals surface area contributed by atoms with Crippen LogP contribution in [0, 0.1) is 11.8 Å². The molecule has 0 aromatic heterocycles. The number of esters is 1. The first-order chi connectivity index (χ1) is 7.61. The van der Waals surface area contributed by atoms with Gasteiger partial charge in [-0.2, -0.15) is 0 Å². The third-order valence-electron chi connectivity index (χ3n) is 3.29. The summed E-state index contributed by atoms with van der Waals surface area (Å²) in [5, 5.41) is 0. The maximum absolute atomic E-state index is 11.7. The molecular formula is C13H20O3. The Kier molecular flexibility index (Phi) is 4.71. The number of allylic oxidation sites excluding steroid dienone is 1. The number of methoxy groups -OCH3 is 1. The molecule has 1 aliphatic rings. The summed E-state index contributed by atoms with van der Waals surface area (Å²) in [6.07, 6.45) is 5.57. The maximum Gasteiger partial charge on any atom is 0.313 e. The molecule has 0 fully saturated rings. The van der Waals surface area contributed by atoms with Crippen LogP contribution < -0.4 is 0 Å². The molecule has 90 valence electrons. The summed E-state index contributed by atoms with van der Waals surface area (Å²) in [6.45, 7) is 3.66. The third-order valence-corrected chi connectivity index (χ3v) is 3.29. The second kappa shape index (κ2) is 5.83. The number of ether oxygens (including phenoxy) is 1. The topological polar surface area (TPSA) is 43.4 Å². The first-order valence-corrected chi connectivity index (χ1v) is 5.91. The summed E-state index contributed by atoms with van der Waals surface area (Å²) in [7, 11) is 1.38. The van der Waals surface area contributed by atoms with Crippen LogP contribution in [-0.2, 0) is 14.3 Å². The molecule has 0 aromatic rings. The molecule has 0 bridgehead atoms. The molecule has 0 amide bonds. The highest BCUT2D eigenvalue weighted by molar-refractivity contribution is 5.88. The lowest BCUT2D eigenvalue weighted by Gasteiger charge is -2.21. The lowest BCUT2D eigenvalue weighted by atomic mass is 9.83. The van der Waals surface area contributed by atoms with Crippen molar-refractivity contribution in [3.8, 4) is 0 Å². The van der Waals surface area contributed by atoms with Gasteiger partial charge in [-0.3, -0.25) is 9.59 Å². The molecule has 3 heteroatoms. The first-order valence-electron chi connectivity index (χ1n) is 5.91. The normalized spacial score (nSPS) is 18.8. The van der Waals surface area contributed by atoms with E-state index in [4.69, 9.17) is 4.74 Å². The molecule has 1 aliphatic carbocycles. The highest BCUT2D eigenvalue weighted by Gasteiger charge is 2.33. The second-order valence-electron chi connectivity index (χ2n) is 4.28. The van der Waals surface area contributed by atoms with Gasteiger partial charge in [0.05, 0.1) is 13.0 Å². The summed E-state index contributed by atoms with van der Waals surface area (Å²) < 4.78 is 4.81. The minimum atomic E-state index is -0.361. The van der Waals surface area contributed by atoms with Crippen LogP contribution in [0.5, 0.6) is 0 Å². The van der Waals surface area contributed by atoms with Crippen molar-refractivity contribution in [1.82, 2.24) is 0 Å². The van der Waals surface area contributed by atoms with Gasteiger partial charge in [0.15, 0.2) is 0 Å². The van der Waals surface area contributed by atoms with Gasteiger partial charge in [-0.05, 0) is 19.3 Å². The zero-order chi connectivity index (χ0) is 12.1. The number of hydrogen-bond acceptors (Lipinski definition) is 3. The van der Waals surface area contributed by atoms with Gasteiger partial charge in [0, 0.05) is 12.3 Å². The summed E-state index contributed by atoms with van der Waals surface area (Å²) in [6, 6.07) is 0. The number of carbonyl (C=O) groups is 2. The molecule has 0 aromatic carbocycles. The van der Waals surface area contributed by atoms with Gasteiger partial charge in [-0.15, -0.1) is 0 Å². The minimum Gasteiger partial charge on any atom is -0.469 e. The lowest BCUT2D eigenvalue weighted by Crippen LogP contribution is -2.29. The van der Waals surface area contributed by atoms with Crippen molar-refractivity contribution in [3.63, 3.8) is 0 Å². The van der Waals surface area contributed by atoms with Crippen molar-refractivity contribution in [2.45, 2.75) is 39.5 Å². The fourth-order valence-electron chi connectivity index (χ4n) is 2.29. The second-order valence-corrected chi connectivity index (χ2v) is 4.28. The Bertz CT molecular complexity index is 304. The quantitative estimate of drug-likeness (QED) is 0.532. The Balaban J connectivity index is 2.86. The molecule has 0 saturated carbocycles. The zero-order valence-corrected chi connectivity index (χ0v) is 10.3. The maximum atomic E-state index is 11.7. The van der Waals surface area contributed by atoms with E-state index >= 15 is 0 Å². The van der Waals surface area contributed by atoms with Crippen molar-refractivity contribution < 1.29 is 14.3 Å². The van der Waals surface area contributed by atoms with Crippen LogP contribution in [-0.4, -0.2) is 18.9 Å². The number of hydrogen-bond donors (Lipinski definition) is 0. The molecule has 0 saturated heterocycles. The highest BCUT2D eigenvalue weighted by Crippen LogP contribution is 2.31. The number of carbonyl (C=O) groups excluding carboxylic acids is 2. The number of Topliss-reactive ketones (excluding diaryl/α,β-unsaturated/α-hetero) is 1. The Labute approximate surface area is 96.9 Å². The van der Waals surface area contributed by atoms with Gasteiger partial charge in [0.25, 0.3) is 0 Å². The predicted octanol–water partition coefficient (Wildman–Crippen LogP) is 2.50. The Morgan fingerprint density at radius 2 is 2.19 bits per heavy atom. The summed E-state index contributed by atoms with van der Waals surface area (Å²) in [5.74, 6) is -0.771. The fraction of sp³-hybridized carbons (Fsp3) is 0.692. The summed E-state index contributed by atoms with van der Waals surface area (Å²) in [4.78, 5) is 23.4. The van der Waals surface area contributed by atoms with Crippen LogP contribution in [0.4, 0.5) is 0 Å². The van der Waals surface area contributed by atoms with Crippen molar-refractivity contribution in [2.24, 2.45) is 11.8 Å². The van der Waals surface area contributed by atoms with Crippen molar-refractivity contribution in [2.75, 3.05) is 7.11 Å². The number of rotatable bonds is 5. The monoisotopic (exact) mass is 224 g/mol. The third kappa shape index (κ3) is 2.71. The van der Waals surface area contributed by atoms with Crippen molar-refractivity contribution in [3.05, 3.63) is 11.6 Å². The van der Waals surface area contributed by atoms with E-state index in [0.29, 0.717) is 6.42 Å². The van der Waals surface area contributed by atoms with Gasteiger partial charge in [0.1, 0.15) is 5.78 Å². The van der Waals surface area contributed by atoms with Crippen molar-refractivity contribution in [1.29, 1.82) is 0 Å². The van der Waals surface area contributed by atoms with E-state index in [-0.39, 0.29) is 23.6 Å². The molecule has 0 spiro atoms. The van der Waals surface area contributed by atoms with E-state index in [9.17, 15) is 9.59 Å². The first kappa shape index (κ1) is 12.9. The van der Waals surface area contributed by atoms with Gasteiger partial charge in [0.2, 0.25) is 0 Å². The zero-order valence-electron chi connectivity index (χ0n) is 10.3. The highest BCUT2D eigenvalue weighted by atomic mass is 16.5. The molecule has 2 unspecified atom stereocenters. The molecular weight excluding hydrogens is 204 g/mol. The van der Waals surface area contributed by atoms with E-state index in [2.05, 4.69) is 6.08 Å². The Hall–Kier alpha value is -1.12. The van der Waals surface area contributed by atoms with E-state index in [1.807, 2.05) is 13.8 Å². The molecule has 3 nitrogen and oxygen atoms in total. The molecule has 16 heavy (non-hydrogen) atoms. The van der Waals surface area contributed by atoms with Crippen molar-refractivity contribution >= 4 is 11.8 Å². The number of ketones is 1. The van der Waals surface area contributed by atoms with Gasteiger partial charge >= 0.3 is 5.97 Å². The molecule has 0 heterocycles. The van der Waals surface area contributed by atoms with Crippen LogP contribution in [0.2, 0.25) is 0 Å². The molecule has 1 rings (SSSR count). The SMILES string of the molecule is CCC(=O)C(C)C(C(=O)OC)C1=CCCC1. The standard InChI is InChI=1S/C13H20O3/c1-4-11(14)9(2)12(13(15)16-3)10-7-5-6-8-10/h7,9,12H,4-6,8H2,1-3H3. The van der Waals surface area contributed by atoms with Crippen LogP contribution in [0.1, 0.15) is 39.5 Å². The van der Waals surface area contributed by atoms with E-state index in [1.165, 1.54) is 7.11 Å². The fourth-order valence-corrected chi connectivity index (χ4v) is 2.29. The minimum absolute atomic E-state index is 0.128. The van der Waals surface area contributed by atoms with Gasteiger partial charge in [-0.25, -0.2) is 0 Å². The largest absolute Gasteiger partial charge is 0.469 e. The molecule has 0 radical (unpaired) electrons. The van der Waals surface area contributed by atoms with E-state index in [0.717, 1.165) is 24.8 Å². The van der Waals surface area contributed by atoms with Crippen LogP contribution >= 0.6 is 0 Å². The summed E-state index contributed by atoms with van der Waals surface area (Å²) >= 11 is 0. The van der Waals surface area contributed by atoms with E-state index < -0.39 is 0 Å². The van der Waals surface area contributed by atoms with Gasteiger partial charge in [-0.1, -0.05) is 25.5 Å². The van der Waals surface area contributed by atoms with Crippen LogP contribution in [0.15, 0.2) is 11.6 Å². The average Bonchev–Trinajstić information content (AvgIpc) is 2.81.